The number of hydrogen-bond acceptors (Lipinski definition) is 3. The zero-order valence-electron chi connectivity index (χ0n) is 9.05. The number of aliphatic hydroxyl groups excluding tert-OH is 2. The molecule has 0 aliphatic heterocycles. The minimum atomic E-state index is -0.947. The van der Waals surface area contributed by atoms with Gasteiger partial charge < -0.3 is 10.2 Å². The average Bonchev–Trinajstić information content (AvgIpc) is 2.69. The van der Waals surface area contributed by atoms with Crippen LogP contribution in [-0.2, 0) is 0 Å². The van der Waals surface area contributed by atoms with Crippen LogP contribution in [0, 0.1) is 18.8 Å². The Morgan fingerprint density at radius 3 is 2.69 bits per heavy atom. The van der Waals surface area contributed by atoms with Crippen LogP contribution < -0.4 is 0 Å². The Morgan fingerprint density at radius 2 is 2.12 bits per heavy atom. The van der Waals surface area contributed by atoms with Crippen molar-refractivity contribution in [2.45, 2.75) is 19.1 Å². The average molecular weight is 234 g/mol. The molecule has 1 aromatic heterocycles. The molecule has 0 bridgehead atoms. The zero-order valence-corrected chi connectivity index (χ0v) is 9.87. The predicted molar refractivity (Wildman–Crippen MR) is 67.3 cm³/mol. The second-order valence-corrected chi connectivity index (χ2v) is 4.54. The van der Waals surface area contributed by atoms with Crippen molar-refractivity contribution in [3.05, 3.63) is 46.7 Å². The number of thiophene rings is 1. The van der Waals surface area contributed by atoms with Crippen LogP contribution in [0.4, 0.5) is 0 Å². The van der Waals surface area contributed by atoms with Gasteiger partial charge in [-0.05, 0) is 31.2 Å². The van der Waals surface area contributed by atoms with Crippen LogP contribution >= 0.6 is 11.3 Å². The van der Waals surface area contributed by atoms with Crippen molar-refractivity contribution < 1.29 is 10.2 Å². The minimum absolute atomic E-state index is 0.943. The van der Waals surface area contributed by atoms with E-state index in [-0.39, 0.29) is 0 Å². The number of allylic oxidation sites excluding steroid dienone is 1. The summed E-state index contributed by atoms with van der Waals surface area (Å²) >= 11 is 1.62. The number of rotatable bonds is 3. The standard InChI is InChI=1S/C13H14O2S/c1-3-12(14)13(15)7-5-4-6-11-9-8-10(2)16-11/h3,5,7-9,12-15H,1H2,2H3/t12-,13-/m0/s1. The van der Waals surface area contributed by atoms with Gasteiger partial charge in [-0.25, -0.2) is 0 Å². The lowest BCUT2D eigenvalue weighted by atomic mass is 10.2. The first-order valence-electron chi connectivity index (χ1n) is 4.87. The molecule has 3 heteroatoms. The van der Waals surface area contributed by atoms with Crippen molar-refractivity contribution in [1.29, 1.82) is 0 Å². The summed E-state index contributed by atoms with van der Waals surface area (Å²) in [5, 5.41) is 18.5. The van der Waals surface area contributed by atoms with E-state index >= 15 is 0 Å². The summed E-state index contributed by atoms with van der Waals surface area (Å²) in [5.74, 6) is 5.74. The van der Waals surface area contributed by atoms with Crippen molar-refractivity contribution in [2.75, 3.05) is 0 Å². The van der Waals surface area contributed by atoms with E-state index in [9.17, 15) is 10.2 Å². The molecule has 2 nitrogen and oxygen atoms in total. The lowest BCUT2D eigenvalue weighted by Gasteiger charge is -2.07. The van der Waals surface area contributed by atoms with Crippen molar-refractivity contribution in [3.63, 3.8) is 0 Å². The molecule has 1 rings (SSSR count). The van der Waals surface area contributed by atoms with Crippen LogP contribution in [0.25, 0.3) is 0 Å². The molecule has 0 aromatic carbocycles. The van der Waals surface area contributed by atoms with Crippen LogP contribution in [0.1, 0.15) is 9.75 Å². The van der Waals surface area contributed by atoms with E-state index in [1.807, 2.05) is 19.1 Å². The Balaban J connectivity index is 2.54. The minimum Gasteiger partial charge on any atom is -0.386 e. The molecule has 0 aliphatic carbocycles. The Labute approximate surface area is 99.6 Å². The predicted octanol–water partition coefficient (Wildman–Crippen LogP) is 1.87. The second kappa shape index (κ2) is 6.29. The van der Waals surface area contributed by atoms with Gasteiger partial charge in [0.1, 0.15) is 12.2 Å². The van der Waals surface area contributed by atoms with Gasteiger partial charge in [0.15, 0.2) is 0 Å². The van der Waals surface area contributed by atoms with E-state index in [2.05, 4.69) is 18.4 Å². The molecule has 2 N–H and O–H groups in total. The van der Waals surface area contributed by atoms with Crippen LogP contribution in [0.15, 0.2) is 36.9 Å². The van der Waals surface area contributed by atoms with Crippen molar-refractivity contribution in [2.24, 2.45) is 0 Å². The third-order valence-electron chi connectivity index (χ3n) is 1.90. The monoisotopic (exact) mass is 234 g/mol. The quantitative estimate of drug-likeness (QED) is 0.619. The number of aryl methyl sites for hydroxylation is 1. The Morgan fingerprint density at radius 1 is 1.38 bits per heavy atom. The summed E-state index contributed by atoms with van der Waals surface area (Å²) < 4.78 is 0. The Bertz CT molecular complexity index is 434. The lowest BCUT2D eigenvalue weighted by molar-refractivity contribution is 0.0811. The smallest absolute Gasteiger partial charge is 0.102 e. The zero-order chi connectivity index (χ0) is 12.0. The fourth-order valence-corrected chi connectivity index (χ4v) is 1.74. The van der Waals surface area contributed by atoms with E-state index in [4.69, 9.17) is 0 Å². The summed E-state index contributed by atoms with van der Waals surface area (Å²) in [7, 11) is 0. The number of aliphatic hydroxyl groups is 2. The third kappa shape index (κ3) is 4.03. The normalized spacial score (nSPS) is 14.2. The van der Waals surface area contributed by atoms with Crippen molar-refractivity contribution in [3.8, 4) is 11.8 Å². The van der Waals surface area contributed by atoms with Gasteiger partial charge in [0.2, 0.25) is 0 Å². The van der Waals surface area contributed by atoms with Gasteiger partial charge in [-0.15, -0.1) is 17.9 Å². The van der Waals surface area contributed by atoms with Gasteiger partial charge in [-0.3, -0.25) is 0 Å². The molecule has 0 aliphatic rings. The summed E-state index contributed by atoms with van der Waals surface area (Å²) in [6, 6.07) is 3.96. The molecule has 0 unspecified atom stereocenters. The molecule has 84 valence electrons. The van der Waals surface area contributed by atoms with Crippen molar-refractivity contribution in [1.82, 2.24) is 0 Å². The summed E-state index contributed by atoms with van der Waals surface area (Å²) in [6.45, 7) is 5.41. The molecular formula is C13H14O2S. The summed E-state index contributed by atoms with van der Waals surface area (Å²) in [4.78, 5) is 2.20. The molecule has 1 aromatic rings. The summed E-state index contributed by atoms with van der Waals surface area (Å²) in [5.41, 5.74) is 0. The fourth-order valence-electron chi connectivity index (χ4n) is 1.01. The molecule has 0 saturated carbocycles. The van der Waals surface area contributed by atoms with Gasteiger partial charge in [-0.2, -0.15) is 0 Å². The lowest BCUT2D eigenvalue weighted by Crippen LogP contribution is -2.20. The van der Waals surface area contributed by atoms with Crippen LogP contribution in [0.2, 0.25) is 0 Å². The first-order valence-corrected chi connectivity index (χ1v) is 5.68. The molecule has 0 saturated heterocycles. The molecule has 0 amide bonds. The van der Waals surface area contributed by atoms with Gasteiger partial charge in [0.25, 0.3) is 0 Å². The SMILES string of the molecule is C=C[C@H](O)[C@@H](O)C=CC#Cc1ccc(C)s1. The molecule has 0 spiro atoms. The highest BCUT2D eigenvalue weighted by atomic mass is 32.1. The highest BCUT2D eigenvalue weighted by Crippen LogP contribution is 2.12. The Kier molecular flexibility index (Phi) is 5.00. The van der Waals surface area contributed by atoms with E-state index in [0.29, 0.717) is 0 Å². The summed E-state index contributed by atoms with van der Waals surface area (Å²) in [6.07, 6.45) is 2.37. The highest BCUT2D eigenvalue weighted by molar-refractivity contribution is 7.12. The second-order valence-electron chi connectivity index (χ2n) is 3.26. The van der Waals surface area contributed by atoms with Gasteiger partial charge in [0.05, 0.1) is 4.88 Å². The molecule has 0 fully saturated rings. The van der Waals surface area contributed by atoms with E-state index in [1.165, 1.54) is 23.1 Å². The fraction of sp³-hybridized carbons (Fsp3) is 0.231. The number of hydrogen-bond donors (Lipinski definition) is 2. The maximum atomic E-state index is 9.35. The first kappa shape index (κ1) is 12.7. The largest absolute Gasteiger partial charge is 0.386 e. The molecular weight excluding hydrogens is 220 g/mol. The maximum Gasteiger partial charge on any atom is 0.102 e. The first-order chi connectivity index (χ1) is 7.63. The highest BCUT2D eigenvalue weighted by Gasteiger charge is 2.06. The van der Waals surface area contributed by atoms with Crippen LogP contribution in [-0.4, -0.2) is 22.4 Å². The van der Waals surface area contributed by atoms with Crippen LogP contribution in [0.5, 0.6) is 0 Å². The molecule has 0 radical (unpaired) electrons. The van der Waals surface area contributed by atoms with Crippen LogP contribution in [0.3, 0.4) is 0 Å². The van der Waals surface area contributed by atoms with Gasteiger partial charge in [-0.1, -0.05) is 17.9 Å². The molecule has 16 heavy (non-hydrogen) atoms. The van der Waals surface area contributed by atoms with E-state index in [1.54, 1.807) is 11.3 Å². The maximum absolute atomic E-state index is 9.35. The Hall–Kier alpha value is -1.34. The molecule has 1 heterocycles. The van der Waals surface area contributed by atoms with E-state index < -0.39 is 12.2 Å². The van der Waals surface area contributed by atoms with Crippen molar-refractivity contribution >= 4 is 11.3 Å². The molecule has 2 atom stereocenters. The van der Waals surface area contributed by atoms with Gasteiger partial charge >= 0.3 is 0 Å². The third-order valence-corrected chi connectivity index (χ3v) is 2.82. The van der Waals surface area contributed by atoms with E-state index in [0.717, 1.165) is 4.88 Å². The topological polar surface area (TPSA) is 40.5 Å². The van der Waals surface area contributed by atoms with Gasteiger partial charge in [0, 0.05) is 4.88 Å².